The van der Waals surface area contributed by atoms with Gasteiger partial charge in [0, 0.05) is 6.92 Å². The lowest BCUT2D eigenvalue weighted by Gasteiger charge is -2.09. The first-order chi connectivity index (χ1) is 10.8. The zero-order valence-electron chi connectivity index (χ0n) is 12.5. The van der Waals surface area contributed by atoms with Gasteiger partial charge < -0.3 is 8.92 Å². The van der Waals surface area contributed by atoms with E-state index in [2.05, 4.69) is 0 Å². The highest BCUT2D eigenvalue weighted by molar-refractivity contribution is 7.87. The van der Waals surface area contributed by atoms with E-state index < -0.39 is 27.3 Å². The summed E-state index contributed by atoms with van der Waals surface area (Å²) in [6.07, 6.45) is 0. The average molecular weight is 334 g/mol. The number of hydrogen-bond acceptors (Lipinski definition) is 6. The molecule has 0 spiro atoms. The molecule has 0 saturated carbocycles. The Morgan fingerprint density at radius 2 is 1.61 bits per heavy atom. The van der Waals surface area contributed by atoms with Crippen molar-refractivity contribution in [2.45, 2.75) is 18.7 Å². The van der Waals surface area contributed by atoms with E-state index in [1.807, 2.05) is 6.92 Å². The molecular formula is C16H14O6S. The van der Waals surface area contributed by atoms with Crippen LogP contribution in [0.2, 0.25) is 0 Å². The summed E-state index contributed by atoms with van der Waals surface area (Å²) >= 11 is 0. The second-order valence-corrected chi connectivity index (χ2v) is 6.27. The Labute approximate surface area is 133 Å². The summed E-state index contributed by atoms with van der Waals surface area (Å²) in [4.78, 5) is 22.9. The number of benzene rings is 1. The number of carbonyl (C=O) groups is 1. The molecule has 0 unspecified atom stereocenters. The lowest BCUT2D eigenvalue weighted by molar-refractivity contribution is -0.132. The fourth-order valence-electron chi connectivity index (χ4n) is 1.74. The highest BCUT2D eigenvalue weighted by Gasteiger charge is 2.20. The summed E-state index contributed by atoms with van der Waals surface area (Å²) in [5.74, 6) is -1.58. The van der Waals surface area contributed by atoms with Gasteiger partial charge in [-0.1, -0.05) is 29.8 Å². The molecule has 0 N–H and O–H groups in total. The van der Waals surface area contributed by atoms with Crippen molar-refractivity contribution in [2.24, 2.45) is 0 Å². The number of ether oxygens (including phenoxy) is 1. The summed E-state index contributed by atoms with van der Waals surface area (Å²) in [7, 11) is -4.17. The molecule has 0 amide bonds. The van der Waals surface area contributed by atoms with Gasteiger partial charge in [-0.05, 0) is 31.2 Å². The van der Waals surface area contributed by atoms with Gasteiger partial charge in [-0.3, -0.25) is 9.59 Å². The standard InChI is InChI=1S/C16H14O6S/c1-11-7-9-13(10-8-11)23(19,20)22-15-6-4-3-5-14(18)16(15)21-12(2)17/h3-10H,1-2H3. The van der Waals surface area contributed by atoms with Crippen molar-refractivity contribution in [3.8, 4) is 11.5 Å². The van der Waals surface area contributed by atoms with Crippen molar-refractivity contribution in [3.05, 3.63) is 64.3 Å². The Morgan fingerprint density at radius 1 is 1.00 bits per heavy atom. The molecule has 120 valence electrons. The normalized spacial score (nSPS) is 10.9. The van der Waals surface area contributed by atoms with Crippen LogP contribution in [-0.2, 0) is 14.9 Å². The first-order valence-electron chi connectivity index (χ1n) is 6.62. The molecule has 2 rings (SSSR count). The topological polar surface area (TPSA) is 86.7 Å². The van der Waals surface area contributed by atoms with Gasteiger partial charge in [-0.15, -0.1) is 0 Å². The van der Waals surface area contributed by atoms with Gasteiger partial charge in [0.2, 0.25) is 11.2 Å². The Morgan fingerprint density at radius 3 is 2.22 bits per heavy atom. The maximum Gasteiger partial charge on any atom is 0.339 e. The quantitative estimate of drug-likeness (QED) is 0.628. The van der Waals surface area contributed by atoms with Gasteiger partial charge in [0.25, 0.3) is 0 Å². The molecule has 0 fully saturated rings. The van der Waals surface area contributed by atoms with Gasteiger partial charge in [0.1, 0.15) is 4.90 Å². The Hall–Kier alpha value is -2.67. The van der Waals surface area contributed by atoms with Gasteiger partial charge in [-0.25, -0.2) is 0 Å². The monoisotopic (exact) mass is 334 g/mol. The zero-order chi connectivity index (χ0) is 17.0. The van der Waals surface area contributed by atoms with Gasteiger partial charge in [0.15, 0.2) is 5.75 Å². The van der Waals surface area contributed by atoms with E-state index in [4.69, 9.17) is 8.92 Å². The zero-order valence-corrected chi connectivity index (χ0v) is 13.3. The Kier molecular flexibility index (Phi) is 4.80. The third-order valence-electron chi connectivity index (χ3n) is 2.81. The summed E-state index contributed by atoms with van der Waals surface area (Å²) < 4.78 is 34.4. The molecule has 2 aromatic carbocycles. The highest BCUT2D eigenvalue weighted by Crippen LogP contribution is 2.26. The Bertz CT molecular complexity index is 885. The fraction of sp³-hybridized carbons (Fsp3) is 0.125. The molecule has 23 heavy (non-hydrogen) atoms. The molecule has 0 aliphatic rings. The largest absolute Gasteiger partial charge is 0.418 e. The Balaban J connectivity index is 2.49. The molecule has 0 bridgehead atoms. The smallest absolute Gasteiger partial charge is 0.339 e. The average Bonchev–Trinajstić information content (AvgIpc) is 2.62. The minimum atomic E-state index is -4.17. The van der Waals surface area contributed by atoms with E-state index in [1.54, 1.807) is 12.1 Å². The molecule has 0 atom stereocenters. The van der Waals surface area contributed by atoms with Crippen LogP contribution in [0.3, 0.4) is 0 Å². The molecule has 0 aliphatic carbocycles. The lowest BCUT2D eigenvalue weighted by atomic mass is 10.2. The molecule has 0 aromatic heterocycles. The van der Waals surface area contributed by atoms with Crippen molar-refractivity contribution < 1.29 is 22.1 Å². The van der Waals surface area contributed by atoms with E-state index in [0.717, 1.165) is 18.6 Å². The summed E-state index contributed by atoms with van der Waals surface area (Å²) in [6, 6.07) is 11.2. The molecule has 7 heteroatoms. The van der Waals surface area contributed by atoms with E-state index in [0.29, 0.717) is 0 Å². The van der Waals surface area contributed by atoms with Gasteiger partial charge in [-0.2, -0.15) is 8.42 Å². The van der Waals surface area contributed by atoms with Crippen LogP contribution in [0.1, 0.15) is 12.5 Å². The molecule has 6 nitrogen and oxygen atoms in total. The SMILES string of the molecule is CC(=O)Oc1c(OS(=O)(=O)c2ccc(C)cc2)ccccc1=O. The first kappa shape index (κ1) is 16.7. The van der Waals surface area contributed by atoms with Gasteiger partial charge in [0.05, 0.1) is 0 Å². The third-order valence-corrected chi connectivity index (χ3v) is 4.06. The number of aryl methyl sites for hydroxylation is 1. The minimum Gasteiger partial charge on any atom is -0.418 e. The number of hydrogen-bond donors (Lipinski definition) is 0. The summed E-state index contributed by atoms with van der Waals surface area (Å²) in [6.45, 7) is 2.92. The van der Waals surface area contributed by atoms with Crippen molar-refractivity contribution >= 4 is 16.1 Å². The molecular weight excluding hydrogens is 320 g/mol. The molecule has 2 aromatic rings. The van der Waals surface area contributed by atoms with Crippen LogP contribution in [0.25, 0.3) is 0 Å². The molecule has 0 aliphatic heterocycles. The van der Waals surface area contributed by atoms with Crippen molar-refractivity contribution in [2.75, 3.05) is 0 Å². The number of carbonyl (C=O) groups excluding carboxylic acids is 1. The van der Waals surface area contributed by atoms with Crippen LogP contribution in [0, 0.1) is 6.92 Å². The van der Waals surface area contributed by atoms with Crippen molar-refractivity contribution in [1.29, 1.82) is 0 Å². The van der Waals surface area contributed by atoms with E-state index >= 15 is 0 Å². The number of rotatable bonds is 4. The maximum atomic E-state index is 12.3. The van der Waals surface area contributed by atoms with Crippen LogP contribution >= 0.6 is 0 Å². The van der Waals surface area contributed by atoms with Crippen LogP contribution in [-0.4, -0.2) is 14.4 Å². The second-order valence-electron chi connectivity index (χ2n) is 4.72. The van der Waals surface area contributed by atoms with Crippen LogP contribution in [0.15, 0.2) is 58.2 Å². The maximum absolute atomic E-state index is 12.3. The third kappa shape index (κ3) is 4.17. The molecule has 0 saturated heterocycles. The molecule has 0 heterocycles. The first-order valence-corrected chi connectivity index (χ1v) is 8.03. The summed E-state index contributed by atoms with van der Waals surface area (Å²) in [5, 5.41) is 0. The van der Waals surface area contributed by atoms with Crippen LogP contribution in [0.4, 0.5) is 0 Å². The van der Waals surface area contributed by atoms with E-state index in [1.165, 1.54) is 30.3 Å². The summed E-state index contributed by atoms with van der Waals surface area (Å²) in [5.41, 5.74) is 0.219. The number of esters is 1. The minimum absolute atomic E-state index is 0.0733. The predicted octanol–water partition coefficient (Wildman–Crippen LogP) is 2.05. The van der Waals surface area contributed by atoms with Crippen LogP contribution in [0.5, 0.6) is 11.5 Å². The fourth-order valence-corrected chi connectivity index (χ4v) is 2.67. The lowest BCUT2D eigenvalue weighted by Crippen LogP contribution is -2.14. The van der Waals surface area contributed by atoms with Crippen molar-refractivity contribution in [1.82, 2.24) is 0 Å². The highest BCUT2D eigenvalue weighted by atomic mass is 32.2. The van der Waals surface area contributed by atoms with Crippen molar-refractivity contribution in [3.63, 3.8) is 0 Å². The van der Waals surface area contributed by atoms with Crippen LogP contribution < -0.4 is 14.3 Å². The van der Waals surface area contributed by atoms with E-state index in [-0.39, 0.29) is 10.6 Å². The van der Waals surface area contributed by atoms with Gasteiger partial charge >= 0.3 is 16.1 Å². The molecule has 0 radical (unpaired) electrons. The second kappa shape index (κ2) is 6.62. The predicted molar refractivity (Wildman–Crippen MR) is 83.0 cm³/mol. The van der Waals surface area contributed by atoms with E-state index in [9.17, 15) is 18.0 Å².